The average Bonchev–Trinajstić information content (AvgIpc) is 2.72. The zero-order chi connectivity index (χ0) is 20.6. The van der Waals surface area contributed by atoms with Gasteiger partial charge in [0.05, 0.1) is 15.7 Å². The molecule has 0 heterocycles. The number of nitrogens with two attached hydrogens (primary N) is 1. The molecule has 2 N–H and O–H groups in total. The first-order valence-corrected chi connectivity index (χ1v) is 10.5. The van der Waals surface area contributed by atoms with Crippen molar-refractivity contribution in [1.29, 1.82) is 0 Å². The van der Waals surface area contributed by atoms with E-state index in [1.165, 1.54) is 17.7 Å². The first-order valence-electron chi connectivity index (χ1n) is 9.75. The van der Waals surface area contributed by atoms with Crippen LogP contribution in [-0.4, -0.2) is 18.0 Å². The number of nitrogens with zero attached hydrogens (tertiary/aromatic N) is 1. The Balaban J connectivity index is 1.61. The Morgan fingerprint density at radius 3 is 2.07 bits per heavy atom. The van der Waals surface area contributed by atoms with Gasteiger partial charge in [-0.15, -0.1) is 0 Å². The van der Waals surface area contributed by atoms with Gasteiger partial charge in [0.15, 0.2) is 0 Å². The van der Waals surface area contributed by atoms with Crippen LogP contribution in [0, 0.1) is 5.82 Å². The van der Waals surface area contributed by atoms with E-state index in [-0.39, 0.29) is 5.82 Å². The van der Waals surface area contributed by atoms with E-state index in [2.05, 4.69) is 29.2 Å². The van der Waals surface area contributed by atoms with Gasteiger partial charge in [0.2, 0.25) is 0 Å². The second-order valence-electron chi connectivity index (χ2n) is 7.21. The van der Waals surface area contributed by atoms with Gasteiger partial charge in [-0.1, -0.05) is 65.7 Å². The Bertz CT molecular complexity index is 891. The highest BCUT2D eigenvalue weighted by molar-refractivity contribution is 6.38. The van der Waals surface area contributed by atoms with Crippen molar-refractivity contribution in [2.45, 2.75) is 25.8 Å². The lowest BCUT2D eigenvalue weighted by molar-refractivity contribution is 0.265. The molecule has 0 spiro atoms. The van der Waals surface area contributed by atoms with Gasteiger partial charge in [-0.2, -0.15) is 0 Å². The highest BCUT2D eigenvalue weighted by Crippen LogP contribution is 2.29. The zero-order valence-electron chi connectivity index (χ0n) is 16.3. The maximum Gasteiger partial charge on any atom is 0.123 e. The third-order valence-corrected chi connectivity index (χ3v) is 5.58. The molecule has 5 heteroatoms. The molecule has 0 bridgehead atoms. The molecule has 3 aromatic carbocycles. The van der Waals surface area contributed by atoms with E-state index in [1.54, 1.807) is 0 Å². The number of anilines is 1. The molecule has 3 aromatic rings. The predicted octanol–water partition coefficient (Wildman–Crippen LogP) is 6.39. The Hall–Kier alpha value is -2.07. The first kappa shape index (κ1) is 21.6. The number of nitrogen functional groups attached to an aromatic ring is 1. The summed E-state index contributed by atoms with van der Waals surface area (Å²) < 4.78 is 13.1. The quantitative estimate of drug-likeness (QED) is 0.398. The summed E-state index contributed by atoms with van der Waals surface area (Å²) in [6.07, 6.45) is 2.76. The number of halogens is 3. The molecule has 0 aliphatic rings. The number of aryl methyl sites for hydroxylation is 1. The molecule has 0 aliphatic carbocycles. The Morgan fingerprint density at radius 2 is 1.41 bits per heavy atom. The van der Waals surface area contributed by atoms with E-state index in [4.69, 9.17) is 28.9 Å². The summed E-state index contributed by atoms with van der Waals surface area (Å²) in [5.41, 5.74) is 9.78. The summed E-state index contributed by atoms with van der Waals surface area (Å²) in [6, 6.07) is 21.0. The number of benzene rings is 3. The van der Waals surface area contributed by atoms with E-state index >= 15 is 0 Å². The molecular weight excluding hydrogens is 406 g/mol. The molecule has 29 heavy (non-hydrogen) atoms. The molecule has 0 aliphatic heterocycles. The van der Waals surface area contributed by atoms with Crippen LogP contribution in [0.2, 0.25) is 10.0 Å². The standard InChI is InChI=1S/C24H25Cl2FN2/c25-22-15-20(16-23(26)24(22)28)12-14-29(17-19-5-2-1-3-6-19)13-4-7-18-8-10-21(27)11-9-18/h1-3,5-6,8-11,15-16H,4,7,12-14,17,28H2. The van der Waals surface area contributed by atoms with Gasteiger partial charge >= 0.3 is 0 Å². The molecule has 0 fully saturated rings. The molecule has 2 nitrogen and oxygen atoms in total. The van der Waals surface area contributed by atoms with Gasteiger partial charge in [-0.05, 0) is 66.8 Å². The fourth-order valence-electron chi connectivity index (χ4n) is 3.34. The monoisotopic (exact) mass is 430 g/mol. The van der Waals surface area contributed by atoms with Crippen LogP contribution in [0.25, 0.3) is 0 Å². The van der Waals surface area contributed by atoms with Crippen molar-refractivity contribution >= 4 is 28.9 Å². The molecule has 152 valence electrons. The van der Waals surface area contributed by atoms with E-state index in [1.807, 2.05) is 30.3 Å². The average molecular weight is 431 g/mol. The largest absolute Gasteiger partial charge is 0.396 e. The van der Waals surface area contributed by atoms with Crippen molar-refractivity contribution in [3.63, 3.8) is 0 Å². The van der Waals surface area contributed by atoms with Crippen LogP contribution in [0.15, 0.2) is 66.7 Å². The summed E-state index contributed by atoms with van der Waals surface area (Å²) >= 11 is 12.4. The highest BCUT2D eigenvalue weighted by atomic mass is 35.5. The third-order valence-electron chi connectivity index (χ3n) is 4.96. The lowest BCUT2D eigenvalue weighted by Crippen LogP contribution is -2.27. The molecule has 0 saturated heterocycles. The Kier molecular flexibility index (Phi) is 7.93. The zero-order valence-corrected chi connectivity index (χ0v) is 17.8. The van der Waals surface area contributed by atoms with Crippen LogP contribution in [0.3, 0.4) is 0 Å². The van der Waals surface area contributed by atoms with E-state index < -0.39 is 0 Å². The van der Waals surface area contributed by atoms with Gasteiger partial charge in [0, 0.05) is 13.1 Å². The van der Waals surface area contributed by atoms with Gasteiger partial charge in [-0.3, -0.25) is 4.90 Å². The van der Waals surface area contributed by atoms with Crippen LogP contribution in [0.1, 0.15) is 23.1 Å². The van der Waals surface area contributed by atoms with Crippen LogP contribution >= 0.6 is 23.2 Å². The second-order valence-corrected chi connectivity index (χ2v) is 8.03. The molecule has 0 amide bonds. The van der Waals surface area contributed by atoms with Crippen molar-refractivity contribution in [3.05, 3.63) is 99.3 Å². The summed E-state index contributed by atoms with van der Waals surface area (Å²) in [5.74, 6) is -0.194. The SMILES string of the molecule is Nc1c(Cl)cc(CCN(CCCc2ccc(F)cc2)Cc2ccccc2)cc1Cl. The highest BCUT2D eigenvalue weighted by Gasteiger charge is 2.10. The van der Waals surface area contributed by atoms with Crippen molar-refractivity contribution < 1.29 is 4.39 Å². The van der Waals surface area contributed by atoms with Crippen LogP contribution < -0.4 is 5.73 Å². The van der Waals surface area contributed by atoms with Crippen molar-refractivity contribution in [2.75, 3.05) is 18.8 Å². The Morgan fingerprint density at radius 1 is 0.759 bits per heavy atom. The minimum atomic E-state index is -0.194. The first-order chi connectivity index (χ1) is 14.0. The smallest absolute Gasteiger partial charge is 0.123 e. The van der Waals surface area contributed by atoms with Gasteiger partial charge in [0.25, 0.3) is 0 Å². The van der Waals surface area contributed by atoms with E-state index in [0.29, 0.717) is 15.7 Å². The lowest BCUT2D eigenvalue weighted by Gasteiger charge is -2.23. The van der Waals surface area contributed by atoms with Crippen molar-refractivity contribution in [2.24, 2.45) is 0 Å². The van der Waals surface area contributed by atoms with Crippen molar-refractivity contribution in [1.82, 2.24) is 4.90 Å². The predicted molar refractivity (Wildman–Crippen MR) is 121 cm³/mol. The van der Waals surface area contributed by atoms with E-state index in [0.717, 1.165) is 50.0 Å². The van der Waals surface area contributed by atoms with Crippen LogP contribution in [0.5, 0.6) is 0 Å². The third kappa shape index (κ3) is 6.74. The fraction of sp³-hybridized carbons (Fsp3) is 0.250. The van der Waals surface area contributed by atoms with Gasteiger partial charge < -0.3 is 5.73 Å². The maximum absolute atomic E-state index is 13.1. The summed E-state index contributed by atoms with van der Waals surface area (Å²) in [7, 11) is 0. The molecule has 0 radical (unpaired) electrons. The van der Waals surface area contributed by atoms with E-state index in [9.17, 15) is 4.39 Å². The van der Waals surface area contributed by atoms with Crippen LogP contribution in [-0.2, 0) is 19.4 Å². The maximum atomic E-state index is 13.1. The fourth-order valence-corrected chi connectivity index (χ4v) is 3.87. The summed E-state index contributed by atoms with van der Waals surface area (Å²) in [5, 5.41) is 0.997. The topological polar surface area (TPSA) is 29.3 Å². The minimum Gasteiger partial charge on any atom is -0.396 e. The number of hydrogen-bond acceptors (Lipinski definition) is 2. The molecular formula is C24H25Cl2FN2. The van der Waals surface area contributed by atoms with Gasteiger partial charge in [-0.25, -0.2) is 4.39 Å². The van der Waals surface area contributed by atoms with Crippen molar-refractivity contribution in [3.8, 4) is 0 Å². The van der Waals surface area contributed by atoms with Gasteiger partial charge in [0.1, 0.15) is 5.82 Å². The molecule has 3 rings (SSSR count). The lowest BCUT2D eigenvalue weighted by atomic mass is 10.1. The molecule has 0 unspecified atom stereocenters. The second kappa shape index (κ2) is 10.6. The summed E-state index contributed by atoms with van der Waals surface area (Å²) in [6.45, 7) is 2.71. The summed E-state index contributed by atoms with van der Waals surface area (Å²) in [4.78, 5) is 2.43. The minimum absolute atomic E-state index is 0.194. The normalized spacial score (nSPS) is 11.2. The molecule has 0 saturated carbocycles. The molecule has 0 aromatic heterocycles. The number of rotatable bonds is 9. The number of hydrogen-bond donors (Lipinski definition) is 1. The van der Waals surface area contributed by atoms with Crippen LogP contribution in [0.4, 0.5) is 10.1 Å². The Labute approximate surface area is 182 Å². The molecule has 0 atom stereocenters.